The summed E-state index contributed by atoms with van der Waals surface area (Å²) in [7, 11) is 0. The van der Waals surface area contributed by atoms with Gasteiger partial charge < -0.3 is 20.0 Å². The largest absolute Gasteiger partial charge is 0.489 e. The van der Waals surface area contributed by atoms with Crippen LogP contribution in [-0.4, -0.2) is 9.97 Å². The van der Waals surface area contributed by atoms with E-state index in [2.05, 4.69) is 15.3 Å². The number of nitrogens with one attached hydrogen (secondary N) is 3. The van der Waals surface area contributed by atoms with Crippen molar-refractivity contribution in [2.75, 3.05) is 5.32 Å². The number of aromatic nitrogens is 2. The summed E-state index contributed by atoms with van der Waals surface area (Å²) in [6.45, 7) is 0.938. The topological polar surface area (TPSA) is 69.9 Å². The standard InChI is InChI=1S/C21H18FN3O2/c22-16-7-5-14(6-8-16)13-27-20-4-2-1-3-15(20)12-23-17-9-10-18-19(11-17)25-21(26)24-18/h1-11,23H,12-13H2,(H2,24,25,26). The number of anilines is 1. The molecule has 0 aliphatic carbocycles. The lowest BCUT2D eigenvalue weighted by Gasteiger charge is -2.13. The first-order valence-electron chi connectivity index (χ1n) is 8.58. The SMILES string of the molecule is O=c1[nH]c2ccc(NCc3ccccc3OCc3ccc(F)cc3)cc2[nH]1. The van der Waals surface area contributed by atoms with Gasteiger partial charge in [-0.1, -0.05) is 30.3 Å². The minimum atomic E-state index is -0.260. The van der Waals surface area contributed by atoms with Crippen molar-refractivity contribution in [3.05, 3.63) is 94.2 Å². The molecule has 136 valence electrons. The number of aromatic amines is 2. The molecule has 6 heteroatoms. The summed E-state index contributed by atoms with van der Waals surface area (Å²) >= 11 is 0. The van der Waals surface area contributed by atoms with Gasteiger partial charge in [-0.2, -0.15) is 0 Å². The zero-order valence-corrected chi connectivity index (χ0v) is 14.5. The molecule has 1 heterocycles. The molecule has 0 spiro atoms. The number of H-pyrrole nitrogens is 2. The molecule has 5 nitrogen and oxygen atoms in total. The highest BCUT2D eigenvalue weighted by Gasteiger charge is 2.05. The molecule has 0 bridgehead atoms. The van der Waals surface area contributed by atoms with Crippen LogP contribution < -0.4 is 15.7 Å². The van der Waals surface area contributed by atoms with Crippen LogP contribution in [0, 0.1) is 5.82 Å². The molecule has 0 atom stereocenters. The molecule has 4 aromatic rings. The van der Waals surface area contributed by atoms with Gasteiger partial charge in [-0.25, -0.2) is 9.18 Å². The second kappa shape index (κ2) is 7.37. The normalized spacial score (nSPS) is 10.9. The van der Waals surface area contributed by atoms with Crippen LogP contribution in [0.3, 0.4) is 0 Å². The first-order chi connectivity index (χ1) is 13.2. The van der Waals surface area contributed by atoms with E-state index >= 15 is 0 Å². The van der Waals surface area contributed by atoms with E-state index in [1.54, 1.807) is 12.1 Å². The zero-order valence-electron chi connectivity index (χ0n) is 14.5. The second-order valence-electron chi connectivity index (χ2n) is 6.22. The van der Waals surface area contributed by atoms with Gasteiger partial charge in [0, 0.05) is 17.8 Å². The van der Waals surface area contributed by atoms with E-state index in [0.717, 1.165) is 33.6 Å². The van der Waals surface area contributed by atoms with Gasteiger partial charge in [0.05, 0.1) is 11.0 Å². The molecule has 0 saturated carbocycles. The molecule has 1 aromatic heterocycles. The van der Waals surface area contributed by atoms with Crippen molar-refractivity contribution < 1.29 is 9.13 Å². The molecule has 0 fully saturated rings. The van der Waals surface area contributed by atoms with Gasteiger partial charge in [0.2, 0.25) is 0 Å². The molecule has 4 rings (SSSR count). The Morgan fingerprint density at radius 2 is 1.70 bits per heavy atom. The number of halogens is 1. The lowest BCUT2D eigenvalue weighted by molar-refractivity contribution is 0.303. The van der Waals surface area contributed by atoms with Crippen LogP contribution in [0.1, 0.15) is 11.1 Å². The minimum Gasteiger partial charge on any atom is -0.489 e. The van der Waals surface area contributed by atoms with Crippen LogP contribution in [-0.2, 0) is 13.2 Å². The minimum absolute atomic E-state index is 0.221. The molecule has 0 unspecified atom stereocenters. The fraction of sp³-hybridized carbons (Fsp3) is 0.0952. The highest BCUT2D eigenvalue weighted by atomic mass is 19.1. The van der Waals surface area contributed by atoms with Crippen molar-refractivity contribution in [2.24, 2.45) is 0 Å². The van der Waals surface area contributed by atoms with Crippen LogP contribution in [0.25, 0.3) is 11.0 Å². The number of fused-ring (bicyclic) bond motifs is 1. The number of benzene rings is 3. The predicted octanol–water partition coefficient (Wildman–Crippen LogP) is 4.19. The third-order valence-electron chi connectivity index (χ3n) is 4.28. The Balaban J connectivity index is 1.45. The molecule has 27 heavy (non-hydrogen) atoms. The summed E-state index contributed by atoms with van der Waals surface area (Å²) in [5, 5.41) is 3.34. The van der Waals surface area contributed by atoms with E-state index in [4.69, 9.17) is 4.74 Å². The smallest absolute Gasteiger partial charge is 0.323 e. The van der Waals surface area contributed by atoms with E-state index in [1.165, 1.54) is 12.1 Å². The van der Waals surface area contributed by atoms with Crippen molar-refractivity contribution in [3.8, 4) is 5.75 Å². The summed E-state index contributed by atoms with van der Waals surface area (Å²) in [5.41, 5.74) is 4.11. The quantitative estimate of drug-likeness (QED) is 0.481. The monoisotopic (exact) mass is 363 g/mol. The Labute approximate surface area is 154 Å². The van der Waals surface area contributed by atoms with Crippen LogP contribution in [0.2, 0.25) is 0 Å². The Morgan fingerprint density at radius 1 is 0.926 bits per heavy atom. The van der Waals surface area contributed by atoms with Crippen molar-refractivity contribution in [1.29, 1.82) is 0 Å². The first-order valence-corrected chi connectivity index (χ1v) is 8.58. The Kier molecular flexibility index (Phi) is 4.61. The van der Waals surface area contributed by atoms with E-state index in [0.29, 0.717) is 13.2 Å². The third-order valence-corrected chi connectivity index (χ3v) is 4.28. The average Bonchev–Trinajstić information content (AvgIpc) is 3.06. The lowest BCUT2D eigenvalue weighted by Crippen LogP contribution is -2.03. The molecule has 3 aromatic carbocycles. The third kappa shape index (κ3) is 4.00. The maximum atomic E-state index is 13.0. The number of rotatable bonds is 6. The molecule has 3 N–H and O–H groups in total. The van der Waals surface area contributed by atoms with Gasteiger partial charge in [-0.15, -0.1) is 0 Å². The number of hydrogen-bond donors (Lipinski definition) is 3. The van der Waals surface area contributed by atoms with Gasteiger partial charge in [-0.05, 0) is 42.0 Å². The summed E-state index contributed by atoms with van der Waals surface area (Å²) in [6.07, 6.45) is 0. The first kappa shape index (κ1) is 16.9. The maximum Gasteiger partial charge on any atom is 0.323 e. The number of imidazole rings is 1. The summed E-state index contributed by atoms with van der Waals surface area (Å²) < 4.78 is 18.9. The van der Waals surface area contributed by atoms with E-state index in [9.17, 15) is 9.18 Å². The Hall–Kier alpha value is -3.54. The molecule has 0 amide bonds. The Bertz CT molecular complexity index is 1120. The van der Waals surface area contributed by atoms with Gasteiger partial charge in [0.1, 0.15) is 18.2 Å². The molecule has 0 aliphatic rings. The van der Waals surface area contributed by atoms with Crippen LogP contribution in [0.15, 0.2) is 71.5 Å². The summed E-state index contributed by atoms with van der Waals surface area (Å²) in [6, 6.07) is 19.7. The zero-order chi connectivity index (χ0) is 18.6. The molecular weight excluding hydrogens is 345 g/mol. The van der Waals surface area contributed by atoms with E-state index in [1.807, 2.05) is 42.5 Å². The van der Waals surface area contributed by atoms with Crippen LogP contribution in [0.4, 0.5) is 10.1 Å². The number of ether oxygens (including phenoxy) is 1. The molecule has 0 saturated heterocycles. The predicted molar refractivity (Wildman–Crippen MR) is 103 cm³/mol. The Morgan fingerprint density at radius 3 is 2.56 bits per heavy atom. The van der Waals surface area contributed by atoms with Gasteiger partial charge in [0.25, 0.3) is 0 Å². The fourth-order valence-electron chi connectivity index (χ4n) is 2.87. The van der Waals surface area contributed by atoms with Gasteiger partial charge in [0.15, 0.2) is 0 Å². The number of para-hydroxylation sites is 1. The van der Waals surface area contributed by atoms with Crippen molar-refractivity contribution in [3.63, 3.8) is 0 Å². The molecule has 0 radical (unpaired) electrons. The fourth-order valence-corrected chi connectivity index (χ4v) is 2.87. The highest BCUT2D eigenvalue weighted by molar-refractivity contribution is 5.78. The van der Waals surface area contributed by atoms with Gasteiger partial charge >= 0.3 is 5.69 Å². The van der Waals surface area contributed by atoms with Gasteiger partial charge in [-0.3, -0.25) is 0 Å². The summed E-state index contributed by atoms with van der Waals surface area (Å²) in [5.74, 6) is 0.509. The lowest BCUT2D eigenvalue weighted by atomic mass is 10.2. The average molecular weight is 363 g/mol. The van der Waals surface area contributed by atoms with Crippen molar-refractivity contribution >= 4 is 16.7 Å². The molecule has 0 aliphatic heterocycles. The number of hydrogen-bond acceptors (Lipinski definition) is 3. The van der Waals surface area contributed by atoms with E-state index < -0.39 is 0 Å². The maximum absolute atomic E-state index is 13.0. The highest BCUT2D eigenvalue weighted by Crippen LogP contribution is 2.22. The van der Waals surface area contributed by atoms with Crippen LogP contribution >= 0.6 is 0 Å². The summed E-state index contributed by atoms with van der Waals surface area (Å²) in [4.78, 5) is 16.8. The second-order valence-corrected chi connectivity index (χ2v) is 6.22. The van der Waals surface area contributed by atoms with E-state index in [-0.39, 0.29) is 11.5 Å². The molecular formula is C21H18FN3O2. The van der Waals surface area contributed by atoms with Crippen LogP contribution in [0.5, 0.6) is 5.75 Å². The van der Waals surface area contributed by atoms with Crippen molar-refractivity contribution in [2.45, 2.75) is 13.2 Å². The van der Waals surface area contributed by atoms with Crippen molar-refractivity contribution in [1.82, 2.24) is 9.97 Å².